The third-order valence-electron chi connectivity index (χ3n) is 0.944. The molecule has 1 rings (SSSR count). The van der Waals surface area contributed by atoms with Crippen molar-refractivity contribution < 1.29 is 14.6 Å². The molecule has 48 valence electrons. The van der Waals surface area contributed by atoms with E-state index in [1.54, 1.807) is 12.2 Å². The van der Waals surface area contributed by atoms with Gasteiger partial charge in [0.25, 0.3) is 0 Å². The Labute approximate surface area is 52.2 Å². The minimum atomic E-state index is -0.962. The standard InChI is InChI=1S/C6H6O3/c7-6(8)5-3-1-2-4-9-5/h1-5H,(H,7,8)/t5-/m1/s1. The number of carboxylic acids is 1. The van der Waals surface area contributed by atoms with Gasteiger partial charge in [-0.2, -0.15) is 0 Å². The third-order valence-corrected chi connectivity index (χ3v) is 0.944. The van der Waals surface area contributed by atoms with Gasteiger partial charge in [-0.1, -0.05) is 6.08 Å². The second kappa shape index (κ2) is 2.35. The lowest BCUT2D eigenvalue weighted by atomic mass is 10.3. The molecule has 9 heavy (non-hydrogen) atoms. The summed E-state index contributed by atoms with van der Waals surface area (Å²) in [6, 6.07) is 0. The fraction of sp³-hybridized carbons (Fsp3) is 0.167. The maximum Gasteiger partial charge on any atom is 0.349 e. The van der Waals surface area contributed by atoms with Crippen molar-refractivity contribution in [2.24, 2.45) is 0 Å². The zero-order valence-corrected chi connectivity index (χ0v) is 4.65. The number of carboxylic acid groups (broad SMARTS) is 1. The van der Waals surface area contributed by atoms with Gasteiger partial charge >= 0.3 is 5.97 Å². The molecule has 0 unspecified atom stereocenters. The molecule has 0 bridgehead atoms. The molecule has 0 radical (unpaired) electrons. The van der Waals surface area contributed by atoms with E-state index in [9.17, 15) is 4.79 Å². The van der Waals surface area contributed by atoms with Crippen LogP contribution in [0.25, 0.3) is 0 Å². The van der Waals surface area contributed by atoms with Gasteiger partial charge in [-0.05, 0) is 12.2 Å². The SMILES string of the molecule is O=C(O)[C@H]1C=CC=CO1. The second-order valence-electron chi connectivity index (χ2n) is 1.61. The van der Waals surface area contributed by atoms with Gasteiger partial charge in [0.15, 0.2) is 0 Å². The molecule has 0 aromatic rings. The summed E-state index contributed by atoms with van der Waals surface area (Å²) in [4.78, 5) is 10.1. The zero-order valence-electron chi connectivity index (χ0n) is 4.65. The van der Waals surface area contributed by atoms with Crippen molar-refractivity contribution in [3.8, 4) is 0 Å². The van der Waals surface area contributed by atoms with E-state index in [0.29, 0.717) is 0 Å². The number of carbonyl (C=O) groups is 1. The van der Waals surface area contributed by atoms with Gasteiger partial charge in [-0.3, -0.25) is 0 Å². The van der Waals surface area contributed by atoms with Crippen LogP contribution < -0.4 is 0 Å². The summed E-state index contributed by atoms with van der Waals surface area (Å²) in [5.74, 6) is -0.962. The molecule has 0 amide bonds. The van der Waals surface area contributed by atoms with Crippen LogP contribution in [0.3, 0.4) is 0 Å². The monoisotopic (exact) mass is 126 g/mol. The quantitative estimate of drug-likeness (QED) is 0.557. The molecule has 3 heteroatoms. The van der Waals surface area contributed by atoms with Crippen LogP contribution in [0.15, 0.2) is 24.5 Å². The van der Waals surface area contributed by atoms with E-state index in [0.717, 1.165) is 0 Å². The summed E-state index contributed by atoms with van der Waals surface area (Å²) in [6.07, 6.45) is 5.32. The summed E-state index contributed by atoms with van der Waals surface area (Å²) in [6.45, 7) is 0. The molecule has 0 saturated heterocycles. The highest BCUT2D eigenvalue weighted by Crippen LogP contribution is 2.00. The number of allylic oxidation sites excluding steroid dienone is 2. The summed E-state index contributed by atoms with van der Waals surface area (Å²) < 4.78 is 4.67. The van der Waals surface area contributed by atoms with Gasteiger partial charge in [0.05, 0.1) is 6.26 Å². The topological polar surface area (TPSA) is 46.5 Å². The van der Waals surface area contributed by atoms with Crippen LogP contribution in [0.4, 0.5) is 0 Å². The van der Waals surface area contributed by atoms with Crippen molar-refractivity contribution in [2.75, 3.05) is 0 Å². The van der Waals surface area contributed by atoms with Crippen molar-refractivity contribution in [3.05, 3.63) is 24.5 Å². The van der Waals surface area contributed by atoms with Gasteiger partial charge in [-0.15, -0.1) is 0 Å². The van der Waals surface area contributed by atoms with E-state index in [1.165, 1.54) is 12.3 Å². The van der Waals surface area contributed by atoms with E-state index < -0.39 is 12.1 Å². The maximum absolute atomic E-state index is 10.1. The Morgan fingerprint density at radius 2 is 2.33 bits per heavy atom. The summed E-state index contributed by atoms with van der Waals surface area (Å²) >= 11 is 0. The number of hydrogen-bond donors (Lipinski definition) is 1. The van der Waals surface area contributed by atoms with Crippen LogP contribution in [0, 0.1) is 0 Å². The van der Waals surface area contributed by atoms with Gasteiger partial charge in [0.2, 0.25) is 6.10 Å². The summed E-state index contributed by atoms with van der Waals surface area (Å²) in [7, 11) is 0. The highest BCUT2D eigenvalue weighted by Gasteiger charge is 2.13. The Morgan fingerprint density at radius 3 is 2.67 bits per heavy atom. The summed E-state index contributed by atoms with van der Waals surface area (Å²) in [5, 5.41) is 8.33. The molecule has 0 fully saturated rings. The fourth-order valence-corrected chi connectivity index (χ4v) is 0.526. The van der Waals surface area contributed by atoms with Crippen LogP contribution in [-0.4, -0.2) is 17.2 Å². The van der Waals surface area contributed by atoms with Gasteiger partial charge in [-0.25, -0.2) is 4.79 Å². The van der Waals surface area contributed by atoms with Gasteiger partial charge in [0.1, 0.15) is 0 Å². The molecule has 0 aliphatic carbocycles. The highest BCUT2D eigenvalue weighted by molar-refractivity contribution is 5.75. The zero-order chi connectivity index (χ0) is 6.69. The molecule has 0 saturated carbocycles. The predicted octanol–water partition coefficient (Wildman–Crippen LogP) is 0.540. The first-order valence-electron chi connectivity index (χ1n) is 2.52. The number of aliphatic carboxylic acids is 1. The van der Waals surface area contributed by atoms with Crippen LogP contribution in [0.5, 0.6) is 0 Å². The largest absolute Gasteiger partial charge is 0.482 e. The molecule has 1 heterocycles. The van der Waals surface area contributed by atoms with Crippen LogP contribution in [0.2, 0.25) is 0 Å². The lowest BCUT2D eigenvalue weighted by molar-refractivity contribution is -0.144. The average Bonchev–Trinajstić information content (AvgIpc) is 1.90. The lowest BCUT2D eigenvalue weighted by Crippen LogP contribution is -2.19. The Morgan fingerprint density at radius 1 is 1.56 bits per heavy atom. The van der Waals surface area contributed by atoms with Crippen LogP contribution >= 0.6 is 0 Å². The Kier molecular flexibility index (Phi) is 1.53. The molecule has 1 N–H and O–H groups in total. The van der Waals surface area contributed by atoms with Crippen molar-refractivity contribution in [1.82, 2.24) is 0 Å². The molecule has 0 aromatic carbocycles. The first kappa shape index (κ1) is 5.88. The number of hydrogen-bond acceptors (Lipinski definition) is 2. The molecule has 1 atom stereocenters. The molecule has 0 aromatic heterocycles. The van der Waals surface area contributed by atoms with Crippen molar-refractivity contribution >= 4 is 5.97 Å². The molecular weight excluding hydrogens is 120 g/mol. The molecule has 1 aliphatic heterocycles. The Balaban J connectivity index is 2.56. The second-order valence-corrected chi connectivity index (χ2v) is 1.61. The fourth-order valence-electron chi connectivity index (χ4n) is 0.526. The third kappa shape index (κ3) is 1.32. The Hall–Kier alpha value is -1.25. The normalized spacial score (nSPS) is 23.3. The van der Waals surface area contributed by atoms with Crippen molar-refractivity contribution in [3.63, 3.8) is 0 Å². The first-order valence-corrected chi connectivity index (χ1v) is 2.52. The van der Waals surface area contributed by atoms with Crippen LogP contribution in [0.1, 0.15) is 0 Å². The minimum absolute atomic E-state index is 0.796. The van der Waals surface area contributed by atoms with E-state index >= 15 is 0 Å². The van der Waals surface area contributed by atoms with Crippen molar-refractivity contribution in [2.45, 2.75) is 6.10 Å². The Bertz CT molecular complexity index is 169. The van der Waals surface area contributed by atoms with Gasteiger partial charge in [0, 0.05) is 0 Å². The van der Waals surface area contributed by atoms with E-state index in [2.05, 4.69) is 4.74 Å². The maximum atomic E-state index is 10.1. The van der Waals surface area contributed by atoms with Crippen LogP contribution in [-0.2, 0) is 9.53 Å². The predicted molar refractivity (Wildman–Crippen MR) is 30.8 cm³/mol. The molecular formula is C6H6O3. The first-order chi connectivity index (χ1) is 4.30. The molecule has 1 aliphatic rings. The van der Waals surface area contributed by atoms with Gasteiger partial charge < -0.3 is 9.84 Å². The van der Waals surface area contributed by atoms with Crippen molar-refractivity contribution in [1.29, 1.82) is 0 Å². The average molecular weight is 126 g/mol. The molecule has 0 spiro atoms. The van der Waals surface area contributed by atoms with E-state index in [1.807, 2.05) is 0 Å². The highest BCUT2D eigenvalue weighted by atomic mass is 16.5. The number of ether oxygens (including phenoxy) is 1. The minimum Gasteiger partial charge on any atom is -0.482 e. The smallest absolute Gasteiger partial charge is 0.349 e. The summed E-state index contributed by atoms with van der Waals surface area (Å²) in [5.41, 5.74) is 0. The molecule has 3 nitrogen and oxygen atoms in total. The van der Waals surface area contributed by atoms with E-state index in [4.69, 9.17) is 5.11 Å². The lowest BCUT2D eigenvalue weighted by Gasteiger charge is -2.08. The number of rotatable bonds is 1. The van der Waals surface area contributed by atoms with E-state index in [-0.39, 0.29) is 0 Å².